The summed E-state index contributed by atoms with van der Waals surface area (Å²) in [6.45, 7) is 0. The molecule has 17 heavy (non-hydrogen) atoms. The van der Waals surface area contributed by atoms with E-state index >= 15 is 0 Å². The highest BCUT2D eigenvalue weighted by Crippen LogP contribution is 2.30. The van der Waals surface area contributed by atoms with Crippen LogP contribution in [0.3, 0.4) is 0 Å². The number of hydrogen-bond acceptors (Lipinski definition) is 3. The summed E-state index contributed by atoms with van der Waals surface area (Å²) in [6, 6.07) is 5.35. The minimum Gasteiger partial charge on any atom is -0.323 e. The Bertz CT molecular complexity index is 501. The van der Waals surface area contributed by atoms with Crippen LogP contribution in [0.1, 0.15) is 30.9 Å². The van der Waals surface area contributed by atoms with Crippen molar-refractivity contribution in [3.63, 3.8) is 0 Å². The second kappa shape index (κ2) is 4.74. The van der Waals surface area contributed by atoms with Crippen molar-refractivity contribution in [2.45, 2.75) is 30.6 Å². The zero-order chi connectivity index (χ0) is 12.5. The number of sulfone groups is 1. The third-order valence-corrected chi connectivity index (χ3v) is 5.60. The summed E-state index contributed by atoms with van der Waals surface area (Å²) in [6.07, 6.45) is 2.05. The fraction of sp³-hybridized carbons (Fsp3) is 0.500. The zero-order valence-corrected chi connectivity index (χ0v) is 10.3. The molecule has 0 aromatic heterocycles. The lowest BCUT2D eigenvalue weighted by Crippen LogP contribution is -2.38. The fourth-order valence-corrected chi connectivity index (χ4v) is 4.36. The molecule has 1 fully saturated rings. The van der Waals surface area contributed by atoms with Crippen molar-refractivity contribution in [1.82, 2.24) is 0 Å². The Morgan fingerprint density at radius 2 is 2.00 bits per heavy atom. The van der Waals surface area contributed by atoms with Gasteiger partial charge in [0, 0.05) is 11.6 Å². The average molecular weight is 257 g/mol. The minimum atomic E-state index is -3.18. The first-order valence-corrected chi connectivity index (χ1v) is 7.45. The van der Waals surface area contributed by atoms with Crippen molar-refractivity contribution in [1.29, 1.82) is 0 Å². The van der Waals surface area contributed by atoms with E-state index in [1.165, 1.54) is 6.07 Å². The lowest BCUT2D eigenvalue weighted by atomic mass is 10.00. The van der Waals surface area contributed by atoms with Crippen LogP contribution < -0.4 is 5.73 Å². The first kappa shape index (κ1) is 12.5. The first-order valence-electron chi connectivity index (χ1n) is 5.74. The van der Waals surface area contributed by atoms with Crippen LogP contribution in [0, 0.1) is 5.82 Å². The van der Waals surface area contributed by atoms with E-state index in [0.717, 1.165) is 6.42 Å². The van der Waals surface area contributed by atoms with Gasteiger partial charge in [-0.15, -0.1) is 0 Å². The summed E-state index contributed by atoms with van der Waals surface area (Å²) in [5, 5.41) is -0.645. The molecule has 0 amide bonds. The molecule has 1 aliphatic heterocycles. The van der Waals surface area contributed by atoms with Gasteiger partial charge in [-0.3, -0.25) is 0 Å². The summed E-state index contributed by atoms with van der Waals surface area (Å²) in [4.78, 5) is 0. The van der Waals surface area contributed by atoms with Gasteiger partial charge in [-0.25, -0.2) is 12.8 Å². The highest BCUT2D eigenvalue weighted by molar-refractivity contribution is 7.92. The summed E-state index contributed by atoms with van der Waals surface area (Å²) in [7, 11) is -3.18. The molecular weight excluding hydrogens is 241 g/mol. The van der Waals surface area contributed by atoms with E-state index in [-0.39, 0.29) is 5.75 Å². The zero-order valence-electron chi connectivity index (χ0n) is 9.47. The molecular formula is C12H16FNO2S. The highest BCUT2D eigenvalue weighted by Gasteiger charge is 2.35. The number of nitrogens with two attached hydrogens (primary N) is 1. The van der Waals surface area contributed by atoms with Crippen molar-refractivity contribution in [3.8, 4) is 0 Å². The van der Waals surface area contributed by atoms with Crippen molar-refractivity contribution in [2.24, 2.45) is 5.73 Å². The van der Waals surface area contributed by atoms with Gasteiger partial charge in [-0.1, -0.05) is 24.6 Å². The average Bonchev–Trinajstić information content (AvgIpc) is 2.28. The predicted octanol–water partition coefficient (Wildman–Crippen LogP) is 1.79. The lowest BCUT2D eigenvalue weighted by molar-refractivity contribution is 0.492. The molecule has 0 spiro atoms. The Balaban J connectivity index is 2.31. The third-order valence-electron chi connectivity index (χ3n) is 3.29. The van der Waals surface area contributed by atoms with Gasteiger partial charge in [-0.05, 0) is 18.9 Å². The van der Waals surface area contributed by atoms with E-state index in [9.17, 15) is 12.8 Å². The van der Waals surface area contributed by atoms with E-state index in [4.69, 9.17) is 5.73 Å². The van der Waals surface area contributed by atoms with Gasteiger partial charge < -0.3 is 5.73 Å². The summed E-state index contributed by atoms with van der Waals surface area (Å²) in [5.74, 6) is -0.263. The maximum Gasteiger partial charge on any atom is 0.155 e. The van der Waals surface area contributed by atoms with E-state index in [1.54, 1.807) is 18.2 Å². The minimum absolute atomic E-state index is 0.166. The number of benzene rings is 1. The largest absolute Gasteiger partial charge is 0.323 e. The van der Waals surface area contributed by atoms with Crippen molar-refractivity contribution in [2.75, 3.05) is 5.75 Å². The van der Waals surface area contributed by atoms with Gasteiger partial charge in [0.1, 0.15) is 5.82 Å². The molecule has 1 saturated heterocycles. The molecule has 3 nitrogen and oxygen atoms in total. The Kier molecular flexibility index (Phi) is 3.49. The van der Waals surface area contributed by atoms with Crippen LogP contribution >= 0.6 is 0 Å². The van der Waals surface area contributed by atoms with Gasteiger partial charge in [0.2, 0.25) is 0 Å². The van der Waals surface area contributed by atoms with Gasteiger partial charge in [-0.2, -0.15) is 0 Å². The van der Waals surface area contributed by atoms with Crippen LogP contribution in [0.25, 0.3) is 0 Å². The third kappa shape index (κ3) is 2.50. The van der Waals surface area contributed by atoms with Crippen LogP contribution in [0.15, 0.2) is 24.3 Å². The molecule has 5 heteroatoms. The van der Waals surface area contributed by atoms with E-state index in [1.807, 2.05) is 0 Å². The second-order valence-electron chi connectivity index (χ2n) is 4.45. The predicted molar refractivity (Wildman–Crippen MR) is 64.8 cm³/mol. The van der Waals surface area contributed by atoms with Gasteiger partial charge >= 0.3 is 0 Å². The van der Waals surface area contributed by atoms with Crippen molar-refractivity contribution in [3.05, 3.63) is 35.6 Å². The molecule has 0 radical (unpaired) electrons. The Hall–Kier alpha value is -0.940. The Morgan fingerprint density at radius 3 is 2.65 bits per heavy atom. The second-order valence-corrected chi connectivity index (χ2v) is 6.79. The van der Waals surface area contributed by atoms with Crippen molar-refractivity contribution < 1.29 is 12.8 Å². The molecule has 2 rings (SSSR count). The van der Waals surface area contributed by atoms with Gasteiger partial charge in [0.25, 0.3) is 0 Å². The Morgan fingerprint density at radius 1 is 1.29 bits per heavy atom. The maximum absolute atomic E-state index is 13.6. The number of rotatable bonds is 2. The van der Waals surface area contributed by atoms with E-state index < -0.39 is 26.9 Å². The first-order chi connectivity index (χ1) is 8.02. The van der Waals surface area contributed by atoms with Gasteiger partial charge in [0.15, 0.2) is 9.84 Å². The summed E-state index contributed by atoms with van der Waals surface area (Å²) < 4.78 is 37.4. The summed E-state index contributed by atoms with van der Waals surface area (Å²) in [5.41, 5.74) is 6.22. The molecule has 1 aromatic rings. The lowest BCUT2D eigenvalue weighted by Gasteiger charge is -2.27. The van der Waals surface area contributed by atoms with E-state index in [2.05, 4.69) is 0 Å². The number of hydrogen-bond donors (Lipinski definition) is 1. The van der Waals surface area contributed by atoms with Crippen molar-refractivity contribution >= 4 is 9.84 Å². The normalized spacial score (nSPS) is 25.4. The quantitative estimate of drug-likeness (QED) is 0.878. The monoisotopic (exact) mass is 257 g/mol. The van der Waals surface area contributed by atoms with Crippen LogP contribution in [0.5, 0.6) is 0 Å². The standard InChI is InChI=1S/C12H16FNO2S/c13-10-6-2-1-5-9(10)12(14)11-7-3-4-8-17(11,15)16/h1-2,5-6,11-12H,3-4,7-8,14H2. The van der Waals surface area contributed by atoms with Crippen LogP contribution in [-0.4, -0.2) is 19.4 Å². The highest BCUT2D eigenvalue weighted by atomic mass is 32.2. The Labute approximate surface area is 101 Å². The topological polar surface area (TPSA) is 60.2 Å². The van der Waals surface area contributed by atoms with Crippen LogP contribution in [0.2, 0.25) is 0 Å². The van der Waals surface area contributed by atoms with E-state index in [0.29, 0.717) is 18.4 Å². The SMILES string of the molecule is NC(c1ccccc1F)C1CCCCS1(=O)=O. The molecule has 0 aliphatic carbocycles. The van der Waals surface area contributed by atoms with Crippen LogP contribution in [-0.2, 0) is 9.84 Å². The molecule has 2 atom stereocenters. The maximum atomic E-state index is 13.6. The molecule has 2 N–H and O–H groups in total. The molecule has 94 valence electrons. The molecule has 0 saturated carbocycles. The van der Waals surface area contributed by atoms with Gasteiger partial charge in [0.05, 0.1) is 11.0 Å². The number of halogens is 1. The molecule has 0 bridgehead atoms. The van der Waals surface area contributed by atoms with Crippen LogP contribution in [0.4, 0.5) is 4.39 Å². The fourth-order valence-electron chi connectivity index (χ4n) is 2.33. The smallest absolute Gasteiger partial charge is 0.155 e. The summed E-state index contributed by atoms with van der Waals surface area (Å²) >= 11 is 0. The molecule has 1 aliphatic rings. The molecule has 1 heterocycles. The molecule has 2 unspecified atom stereocenters. The molecule has 1 aromatic carbocycles.